The highest BCUT2D eigenvalue weighted by Gasteiger charge is 2.08. The number of sulfonamides is 1. The quantitative estimate of drug-likeness (QED) is 0.795. The number of aryl methyl sites for hydroxylation is 1. The SMILES string of the molecule is Cc1cc(NS(=O)(=O)CC#N)ccn1. The van der Waals surface area contributed by atoms with Gasteiger partial charge < -0.3 is 0 Å². The average molecular weight is 211 g/mol. The average Bonchev–Trinajstić information content (AvgIpc) is 2.02. The fourth-order valence-corrected chi connectivity index (χ4v) is 1.64. The van der Waals surface area contributed by atoms with E-state index >= 15 is 0 Å². The third-order valence-electron chi connectivity index (χ3n) is 1.42. The summed E-state index contributed by atoms with van der Waals surface area (Å²) in [5.74, 6) is -0.547. The Morgan fingerprint density at radius 2 is 2.36 bits per heavy atom. The summed E-state index contributed by atoms with van der Waals surface area (Å²) in [6.45, 7) is 1.75. The van der Waals surface area contributed by atoms with Crippen LogP contribution in [0.1, 0.15) is 5.69 Å². The van der Waals surface area contributed by atoms with Gasteiger partial charge in [0.1, 0.15) is 0 Å². The first-order valence-electron chi connectivity index (χ1n) is 3.83. The van der Waals surface area contributed by atoms with Crippen LogP contribution in [0.4, 0.5) is 5.69 Å². The van der Waals surface area contributed by atoms with Gasteiger partial charge in [-0.2, -0.15) is 5.26 Å². The fraction of sp³-hybridized carbons (Fsp3) is 0.250. The highest BCUT2D eigenvalue weighted by Crippen LogP contribution is 2.09. The monoisotopic (exact) mass is 211 g/mol. The maximum Gasteiger partial charge on any atom is 0.246 e. The third kappa shape index (κ3) is 3.03. The van der Waals surface area contributed by atoms with Crippen molar-refractivity contribution in [1.29, 1.82) is 5.26 Å². The first-order valence-corrected chi connectivity index (χ1v) is 5.49. The molecular weight excluding hydrogens is 202 g/mol. The summed E-state index contributed by atoms with van der Waals surface area (Å²) in [6.07, 6.45) is 1.50. The van der Waals surface area contributed by atoms with Crippen molar-refractivity contribution in [1.82, 2.24) is 4.98 Å². The molecule has 0 saturated heterocycles. The van der Waals surface area contributed by atoms with Gasteiger partial charge in [0.05, 0.1) is 11.8 Å². The fourth-order valence-electron chi connectivity index (χ4n) is 0.910. The minimum absolute atomic E-state index is 0.424. The van der Waals surface area contributed by atoms with Crippen LogP contribution in [0.15, 0.2) is 18.3 Å². The topological polar surface area (TPSA) is 82.9 Å². The van der Waals surface area contributed by atoms with Crippen molar-refractivity contribution in [2.45, 2.75) is 6.92 Å². The van der Waals surface area contributed by atoms with Crippen LogP contribution in [-0.4, -0.2) is 19.2 Å². The number of nitrogens with one attached hydrogen (secondary N) is 1. The molecule has 1 N–H and O–H groups in total. The van der Waals surface area contributed by atoms with Crippen LogP contribution in [0.5, 0.6) is 0 Å². The lowest BCUT2D eigenvalue weighted by molar-refractivity contribution is 0.604. The largest absolute Gasteiger partial charge is 0.283 e. The summed E-state index contributed by atoms with van der Waals surface area (Å²) in [5, 5.41) is 8.25. The minimum Gasteiger partial charge on any atom is -0.283 e. The molecule has 5 nitrogen and oxygen atoms in total. The molecule has 0 fully saturated rings. The van der Waals surface area contributed by atoms with E-state index in [1.165, 1.54) is 12.3 Å². The normalized spacial score (nSPS) is 10.6. The van der Waals surface area contributed by atoms with Crippen LogP contribution in [-0.2, 0) is 10.0 Å². The van der Waals surface area contributed by atoms with E-state index in [4.69, 9.17) is 5.26 Å². The van der Waals surface area contributed by atoms with Gasteiger partial charge >= 0.3 is 0 Å². The number of aromatic nitrogens is 1. The molecule has 0 amide bonds. The molecule has 0 aliphatic heterocycles. The number of hydrogen-bond acceptors (Lipinski definition) is 4. The van der Waals surface area contributed by atoms with Gasteiger partial charge in [0.25, 0.3) is 0 Å². The zero-order chi connectivity index (χ0) is 10.6. The van der Waals surface area contributed by atoms with Crippen molar-refractivity contribution >= 4 is 15.7 Å². The molecule has 0 aliphatic carbocycles. The Kier molecular flexibility index (Phi) is 3.04. The van der Waals surface area contributed by atoms with Gasteiger partial charge in [0.2, 0.25) is 10.0 Å². The maximum atomic E-state index is 11.2. The zero-order valence-corrected chi connectivity index (χ0v) is 8.37. The van der Waals surface area contributed by atoms with Crippen LogP contribution in [0.25, 0.3) is 0 Å². The van der Waals surface area contributed by atoms with Gasteiger partial charge in [-0.05, 0) is 19.1 Å². The number of rotatable bonds is 3. The van der Waals surface area contributed by atoms with Crippen LogP contribution in [0.3, 0.4) is 0 Å². The first-order chi connectivity index (χ1) is 6.53. The standard InChI is InChI=1S/C8H9N3O2S/c1-7-6-8(2-4-10-7)11-14(12,13)5-3-9/h2,4,6H,5H2,1H3,(H,10,11). The van der Waals surface area contributed by atoms with Gasteiger partial charge in [-0.15, -0.1) is 0 Å². The second kappa shape index (κ2) is 4.07. The molecule has 1 aromatic heterocycles. The van der Waals surface area contributed by atoms with E-state index in [1.807, 2.05) is 0 Å². The van der Waals surface area contributed by atoms with Crippen molar-refractivity contribution in [3.05, 3.63) is 24.0 Å². The molecular formula is C8H9N3O2S. The molecule has 0 aliphatic rings. The van der Waals surface area contributed by atoms with E-state index in [0.717, 1.165) is 0 Å². The molecule has 1 aromatic rings. The van der Waals surface area contributed by atoms with Crippen molar-refractivity contribution in [3.63, 3.8) is 0 Å². The van der Waals surface area contributed by atoms with E-state index in [-0.39, 0.29) is 0 Å². The highest BCUT2D eigenvalue weighted by atomic mass is 32.2. The number of anilines is 1. The lowest BCUT2D eigenvalue weighted by atomic mass is 10.3. The van der Waals surface area contributed by atoms with Crippen LogP contribution in [0, 0.1) is 18.3 Å². The Labute approximate surface area is 82.4 Å². The van der Waals surface area contributed by atoms with Gasteiger partial charge in [-0.3, -0.25) is 9.71 Å². The highest BCUT2D eigenvalue weighted by molar-refractivity contribution is 7.92. The van der Waals surface area contributed by atoms with E-state index in [9.17, 15) is 8.42 Å². The van der Waals surface area contributed by atoms with Crippen molar-refractivity contribution < 1.29 is 8.42 Å². The zero-order valence-electron chi connectivity index (χ0n) is 7.56. The van der Waals surface area contributed by atoms with E-state index < -0.39 is 15.8 Å². The van der Waals surface area contributed by atoms with Crippen molar-refractivity contribution in [2.75, 3.05) is 10.5 Å². The number of nitriles is 1. The minimum atomic E-state index is -3.54. The molecule has 0 aromatic carbocycles. The first kappa shape index (κ1) is 10.5. The molecule has 74 valence electrons. The maximum absolute atomic E-state index is 11.2. The third-order valence-corrected chi connectivity index (χ3v) is 2.48. The van der Waals surface area contributed by atoms with Crippen LogP contribution < -0.4 is 4.72 Å². The summed E-state index contributed by atoms with van der Waals surface area (Å²) < 4.78 is 24.6. The predicted molar refractivity (Wildman–Crippen MR) is 52.0 cm³/mol. The van der Waals surface area contributed by atoms with E-state index in [1.54, 1.807) is 19.1 Å². The molecule has 6 heteroatoms. The molecule has 0 atom stereocenters. The summed E-state index contributed by atoms with van der Waals surface area (Å²) in [5.41, 5.74) is 1.13. The lowest BCUT2D eigenvalue weighted by Crippen LogP contribution is -2.15. The molecule has 1 rings (SSSR count). The predicted octanol–water partition coefficient (Wildman–Crippen LogP) is 0.655. The van der Waals surface area contributed by atoms with Crippen LogP contribution >= 0.6 is 0 Å². The van der Waals surface area contributed by atoms with Crippen LogP contribution in [0.2, 0.25) is 0 Å². The molecule has 0 spiro atoms. The molecule has 0 bridgehead atoms. The Balaban J connectivity index is 2.85. The van der Waals surface area contributed by atoms with E-state index in [2.05, 4.69) is 9.71 Å². The Bertz CT molecular complexity index is 462. The summed E-state index contributed by atoms with van der Waals surface area (Å²) in [7, 11) is -3.54. The van der Waals surface area contributed by atoms with Gasteiger partial charge in [0.15, 0.2) is 5.75 Å². The number of pyridine rings is 1. The Morgan fingerprint density at radius 1 is 1.64 bits per heavy atom. The lowest BCUT2D eigenvalue weighted by Gasteiger charge is -2.04. The molecule has 14 heavy (non-hydrogen) atoms. The summed E-state index contributed by atoms with van der Waals surface area (Å²) >= 11 is 0. The van der Waals surface area contributed by atoms with Crippen molar-refractivity contribution in [3.8, 4) is 6.07 Å². The number of hydrogen-bond donors (Lipinski definition) is 1. The summed E-state index contributed by atoms with van der Waals surface area (Å²) in [6, 6.07) is 4.70. The van der Waals surface area contributed by atoms with Gasteiger partial charge in [0, 0.05) is 11.9 Å². The Morgan fingerprint density at radius 3 is 2.93 bits per heavy atom. The molecule has 0 saturated carbocycles. The van der Waals surface area contributed by atoms with Crippen molar-refractivity contribution in [2.24, 2.45) is 0 Å². The van der Waals surface area contributed by atoms with Gasteiger partial charge in [-0.25, -0.2) is 8.42 Å². The summed E-state index contributed by atoms with van der Waals surface area (Å²) in [4.78, 5) is 3.92. The second-order valence-electron chi connectivity index (χ2n) is 2.71. The second-order valence-corrected chi connectivity index (χ2v) is 4.43. The Hall–Kier alpha value is -1.61. The molecule has 1 heterocycles. The van der Waals surface area contributed by atoms with Gasteiger partial charge in [-0.1, -0.05) is 0 Å². The molecule has 0 radical (unpaired) electrons. The van der Waals surface area contributed by atoms with E-state index in [0.29, 0.717) is 11.4 Å². The number of nitrogens with zero attached hydrogens (tertiary/aromatic N) is 2. The smallest absolute Gasteiger partial charge is 0.246 e. The molecule has 0 unspecified atom stereocenters.